The molecule has 0 atom stereocenters. The zero-order valence-corrected chi connectivity index (χ0v) is 37.3. The number of carbonyl (C=O) groups excluding carboxylic acids is 4. The molecule has 4 amide bonds. The van der Waals surface area contributed by atoms with Crippen molar-refractivity contribution < 1.29 is 49.2 Å². The van der Waals surface area contributed by atoms with Crippen LogP contribution < -0.4 is 0 Å². The number of amides is 4. The van der Waals surface area contributed by atoms with E-state index in [2.05, 4.69) is 43.8 Å². The Morgan fingerprint density at radius 3 is 1.25 bits per heavy atom. The van der Waals surface area contributed by atoms with Crippen LogP contribution in [0.4, 0.5) is 0 Å². The quantitative estimate of drug-likeness (QED) is 0.0726. The van der Waals surface area contributed by atoms with Gasteiger partial charge < -0.3 is 9.38 Å². The van der Waals surface area contributed by atoms with Gasteiger partial charge in [-0.2, -0.15) is 16.8 Å². The van der Waals surface area contributed by atoms with Crippen molar-refractivity contribution in [2.45, 2.75) is 51.3 Å². The second kappa shape index (κ2) is 21.9. The second-order valence-electron chi connectivity index (χ2n) is 14.3. The molecule has 60 heavy (non-hydrogen) atoms. The minimum Gasteiger partial charge on any atom is -0.325 e. The monoisotopic (exact) mass is 865 g/mol. The van der Waals surface area contributed by atoms with Crippen LogP contribution in [-0.2, 0) is 24.4 Å². The number of fused-ring (bicyclic) bond motifs is 2. The van der Waals surface area contributed by atoms with Crippen LogP contribution in [0.1, 0.15) is 80.3 Å². The Balaban J connectivity index is 0.000000219. The van der Waals surface area contributed by atoms with Gasteiger partial charge in [0, 0.05) is 13.1 Å². The number of quaternary nitrogens is 1. The van der Waals surface area contributed by atoms with Crippen molar-refractivity contribution in [1.29, 1.82) is 0 Å². The van der Waals surface area contributed by atoms with E-state index in [0.717, 1.165) is 62.0 Å². The van der Waals surface area contributed by atoms with E-state index in [9.17, 15) is 36.0 Å². The van der Waals surface area contributed by atoms with E-state index in [1.807, 2.05) is 13.8 Å². The van der Waals surface area contributed by atoms with Crippen molar-refractivity contribution in [3.63, 3.8) is 0 Å². The van der Waals surface area contributed by atoms with E-state index >= 15 is 0 Å². The number of aryl methyl sites for hydroxylation is 2. The summed E-state index contributed by atoms with van der Waals surface area (Å²) in [5.74, 6) is -0.635. The van der Waals surface area contributed by atoms with Crippen molar-refractivity contribution >= 4 is 43.9 Å². The van der Waals surface area contributed by atoms with Gasteiger partial charge in [-0.1, -0.05) is 73.5 Å². The van der Waals surface area contributed by atoms with Crippen LogP contribution in [0.2, 0.25) is 0 Å². The number of nitrogens with zero attached hydrogens (tertiary/aromatic N) is 4. The minimum atomic E-state index is -4.02. The Kier molecular flexibility index (Phi) is 18.0. The molecule has 0 fully saturated rings. The van der Waals surface area contributed by atoms with Crippen LogP contribution in [-0.4, -0.2) is 131 Å². The van der Waals surface area contributed by atoms with E-state index in [4.69, 9.17) is 4.55 Å². The summed E-state index contributed by atoms with van der Waals surface area (Å²) in [5, 5.41) is 0. The number of likely N-dealkylation sites (N-methyl/N-ethyl adjacent to an activating group) is 2. The standard InChI is InChI=1S/C15H21N2O2.C14H18N2O2.C8H10O3S.C7H8O3S/c1-4-17(3,5-2)11-10-16-14(18)12-8-6-7-9-13(12)15(16)19;1-3-15(4-2)9-10-16-13(17)11-7-5-6-8-12(11)14(16)18;1-7-3-5-8(6-4-7)12(9,10)11-2;1-6-2-4-7(5-3-6)11(8,9)10/h6-9H,4-5,10-11H2,1-3H3;5-8H,3-4,9-10H2,1-2H3;3-6H,1-2H3;2-5H,1H3,(H,8,9,10)/q+1;;;. The molecule has 0 unspecified atom stereocenters. The van der Waals surface area contributed by atoms with E-state index < -0.39 is 20.2 Å². The first-order valence-electron chi connectivity index (χ1n) is 19.6. The average molecular weight is 866 g/mol. The smallest absolute Gasteiger partial charge is 0.296 e. The number of rotatable bonds is 13. The highest BCUT2D eigenvalue weighted by molar-refractivity contribution is 7.86. The number of hydrogen-bond acceptors (Lipinski definition) is 10. The molecule has 0 radical (unpaired) electrons. The molecule has 0 saturated heterocycles. The van der Waals surface area contributed by atoms with Crippen LogP contribution in [0.3, 0.4) is 0 Å². The SMILES string of the molecule is CCN(CC)CCN1C(=O)c2ccccc2C1=O.CC[N+](C)(CC)CCN1C(=O)c2ccccc2C1=O.COS(=O)(=O)c1ccc(C)cc1.Cc1ccc(S(=O)(=O)O)cc1. The molecular weight excluding hydrogens is 809 g/mol. The van der Waals surface area contributed by atoms with Crippen molar-refractivity contribution in [2.75, 3.05) is 66.5 Å². The molecule has 0 aliphatic carbocycles. The lowest BCUT2D eigenvalue weighted by Gasteiger charge is -2.33. The average Bonchev–Trinajstić information content (AvgIpc) is 3.64. The van der Waals surface area contributed by atoms with Gasteiger partial charge in [-0.15, -0.1) is 0 Å². The molecular formula is C44H57N4O10S2+. The maximum Gasteiger partial charge on any atom is 0.296 e. The molecule has 4 aromatic carbocycles. The van der Waals surface area contributed by atoms with Gasteiger partial charge in [0.05, 0.1) is 72.4 Å². The van der Waals surface area contributed by atoms with Gasteiger partial charge in [-0.25, -0.2) is 0 Å². The van der Waals surface area contributed by atoms with Gasteiger partial charge >= 0.3 is 0 Å². The number of benzene rings is 4. The van der Waals surface area contributed by atoms with Crippen molar-refractivity contribution in [2.24, 2.45) is 0 Å². The Morgan fingerprint density at radius 1 is 0.583 bits per heavy atom. The van der Waals surface area contributed by atoms with Gasteiger partial charge in [0.2, 0.25) is 0 Å². The zero-order valence-electron chi connectivity index (χ0n) is 35.6. The van der Waals surface area contributed by atoms with Gasteiger partial charge in [0.15, 0.2) is 0 Å². The van der Waals surface area contributed by atoms with Crippen molar-refractivity contribution in [3.05, 3.63) is 130 Å². The Hall–Kier alpha value is -5.10. The molecule has 16 heteroatoms. The van der Waals surface area contributed by atoms with E-state index in [1.54, 1.807) is 72.8 Å². The third kappa shape index (κ3) is 12.9. The fourth-order valence-corrected chi connectivity index (χ4v) is 7.20. The lowest BCUT2D eigenvalue weighted by molar-refractivity contribution is -0.905. The van der Waals surface area contributed by atoms with E-state index in [0.29, 0.717) is 35.3 Å². The van der Waals surface area contributed by atoms with E-state index in [-0.39, 0.29) is 33.4 Å². The summed E-state index contributed by atoms with van der Waals surface area (Å²) >= 11 is 0. The Morgan fingerprint density at radius 2 is 0.933 bits per heavy atom. The maximum absolute atomic E-state index is 12.2. The second-order valence-corrected chi connectivity index (χ2v) is 17.5. The molecule has 4 aromatic rings. The number of imide groups is 2. The molecule has 6 rings (SSSR count). The van der Waals surface area contributed by atoms with Crippen LogP contribution in [0.5, 0.6) is 0 Å². The predicted molar refractivity (Wildman–Crippen MR) is 230 cm³/mol. The molecule has 2 aliphatic heterocycles. The highest BCUT2D eigenvalue weighted by atomic mass is 32.2. The molecule has 2 aliphatic rings. The topological polar surface area (TPSA) is 176 Å². The maximum atomic E-state index is 12.2. The lowest BCUT2D eigenvalue weighted by atomic mass is 10.1. The molecule has 1 N–H and O–H groups in total. The molecule has 0 spiro atoms. The highest BCUT2D eigenvalue weighted by Crippen LogP contribution is 2.23. The first-order chi connectivity index (χ1) is 28.3. The fourth-order valence-electron chi connectivity index (χ4n) is 6.06. The molecule has 0 saturated carbocycles. The molecule has 2 heterocycles. The lowest BCUT2D eigenvalue weighted by Crippen LogP contribution is -2.49. The Labute approximate surface area is 354 Å². The first kappa shape index (κ1) is 49.3. The molecule has 0 aromatic heterocycles. The van der Waals surface area contributed by atoms with Gasteiger partial charge in [0.1, 0.15) is 0 Å². The van der Waals surface area contributed by atoms with Crippen LogP contribution >= 0.6 is 0 Å². The summed E-state index contributed by atoms with van der Waals surface area (Å²) < 4.78 is 56.9. The number of hydrogen-bond donors (Lipinski definition) is 1. The predicted octanol–water partition coefficient (Wildman–Crippen LogP) is 5.97. The zero-order chi connectivity index (χ0) is 44.8. The summed E-state index contributed by atoms with van der Waals surface area (Å²) in [6, 6.07) is 26.5. The van der Waals surface area contributed by atoms with Crippen LogP contribution in [0, 0.1) is 13.8 Å². The third-order valence-electron chi connectivity index (χ3n) is 10.5. The summed E-state index contributed by atoms with van der Waals surface area (Å²) in [5.41, 5.74) is 4.11. The number of carbonyl (C=O) groups is 4. The summed E-state index contributed by atoms with van der Waals surface area (Å²) in [6.07, 6.45) is 0. The molecule has 324 valence electrons. The summed E-state index contributed by atoms with van der Waals surface area (Å²) in [7, 11) is -4.24. The summed E-state index contributed by atoms with van der Waals surface area (Å²) in [6.45, 7) is 18.5. The normalized spacial score (nSPS) is 13.5. The highest BCUT2D eigenvalue weighted by Gasteiger charge is 2.36. The van der Waals surface area contributed by atoms with E-state index in [1.165, 1.54) is 34.1 Å². The summed E-state index contributed by atoms with van der Waals surface area (Å²) in [4.78, 5) is 53.6. The fraction of sp³-hybridized carbons (Fsp3) is 0.364. The van der Waals surface area contributed by atoms with Gasteiger partial charge in [-0.3, -0.25) is 37.7 Å². The third-order valence-corrected chi connectivity index (χ3v) is 12.7. The largest absolute Gasteiger partial charge is 0.325 e. The van der Waals surface area contributed by atoms with Crippen molar-refractivity contribution in [3.8, 4) is 0 Å². The minimum absolute atomic E-state index is 0.0666. The van der Waals surface area contributed by atoms with Crippen LogP contribution in [0.15, 0.2) is 107 Å². The van der Waals surface area contributed by atoms with Gasteiger partial charge in [-0.05, 0) is 89.3 Å². The van der Waals surface area contributed by atoms with Gasteiger partial charge in [0.25, 0.3) is 43.9 Å². The first-order valence-corrected chi connectivity index (χ1v) is 22.5. The molecule has 14 nitrogen and oxygen atoms in total. The van der Waals surface area contributed by atoms with Crippen molar-refractivity contribution in [1.82, 2.24) is 14.7 Å². The molecule has 0 bridgehead atoms. The Bertz CT molecular complexity index is 2250. The van der Waals surface area contributed by atoms with Crippen LogP contribution in [0.25, 0.3) is 0 Å².